The average Bonchev–Trinajstić information content (AvgIpc) is 3.15. The van der Waals surface area contributed by atoms with Crippen molar-refractivity contribution in [3.63, 3.8) is 0 Å². The van der Waals surface area contributed by atoms with Crippen LogP contribution in [0.5, 0.6) is 0 Å². The van der Waals surface area contributed by atoms with Crippen LogP contribution in [0.4, 0.5) is 8.78 Å². The third kappa shape index (κ3) is 5.03. The molecule has 5 rings (SSSR count). The third-order valence-corrected chi connectivity index (χ3v) is 7.92. The minimum absolute atomic E-state index is 0.187. The van der Waals surface area contributed by atoms with Crippen LogP contribution in [-0.2, 0) is 9.53 Å². The number of nitrogens with zero attached hydrogens (tertiary/aromatic N) is 3. The highest BCUT2D eigenvalue weighted by atomic mass is 19.1. The van der Waals surface area contributed by atoms with E-state index in [4.69, 9.17) is 10.5 Å². The van der Waals surface area contributed by atoms with Crippen LogP contribution in [-0.4, -0.2) is 129 Å². The van der Waals surface area contributed by atoms with E-state index in [0.29, 0.717) is 12.6 Å². The number of piperazine rings is 1. The molecule has 5 aliphatic rings. The Morgan fingerprint density at radius 2 is 1.76 bits per heavy atom. The van der Waals surface area contributed by atoms with Gasteiger partial charge in [-0.05, 0) is 12.8 Å². The van der Waals surface area contributed by atoms with Gasteiger partial charge in [-0.15, -0.1) is 0 Å². The SMILES string of the molecule is NC1NN2CC(F)CNC2C1C(=O)NC1CNCC(F)C1N1CCN(C2CCOCC2)CC1. The molecule has 5 heterocycles. The van der Waals surface area contributed by atoms with Crippen molar-refractivity contribution < 1.29 is 18.3 Å². The lowest BCUT2D eigenvalue weighted by atomic mass is 9.94. The third-order valence-electron chi connectivity index (χ3n) is 7.92. The molecule has 5 aliphatic heterocycles. The minimum Gasteiger partial charge on any atom is -0.381 e. The van der Waals surface area contributed by atoms with Crippen molar-refractivity contribution in [2.45, 2.75) is 55.6 Å². The van der Waals surface area contributed by atoms with Gasteiger partial charge in [-0.25, -0.2) is 19.2 Å². The normalized spacial score (nSPS) is 42.2. The van der Waals surface area contributed by atoms with E-state index in [1.807, 2.05) is 0 Å². The van der Waals surface area contributed by atoms with Crippen molar-refractivity contribution in [2.24, 2.45) is 11.7 Å². The molecule has 188 valence electrons. The van der Waals surface area contributed by atoms with Crippen LogP contribution >= 0.6 is 0 Å². The van der Waals surface area contributed by atoms with Crippen LogP contribution in [0.3, 0.4) is 0 Å². The number of nitrogens with two attached hydrogens (primary N) is 1. The van der Waals surface area contributed by atoms with Crippen LogP contribution in [0.2, 0.25) is 0 Å². The largest absolute Gasteiger partial charge is 0.381 e. The number of carbonyl (C=O) groups is 1. The lowest BCUT2D eigenvalue weighted by Crippen LogP contribution is -2.68. The molecule has 6 N–H and O–H groups in total. The van der Waals surface area contributed by atoms with E-state index >= 15 is 4.39 Å². The summed E-state index contributed by atoms with van der Waals surface area (Å²) < 4.78 is 34.4. The first-order valence-electron chi connectivity index (χ1n) is 12.4. The molecule has 0 aromatic carbocycles. The summed E-state index contributed by atoms with van der Waals surface area (Å²) in [7, 11) is 0. The van der Waals surface area contributed by atoms with E-state index in [1.54, 1.807) is 5.01 Å². The summed E-state index contributed by atoms with van der Waals surface area (Å²) in [4.78, 5) is 18.0. The predicted molar refractivity (Wildman–Crippen MR) is 118 cm³/mol. The molecule has 0 aliphatic carbocycles. The maximum atomic E-state index is 15.2. The first-order valence-corrected chi connectivity index (χ1v) is 12.4. The summed E-state index contributed by atoms with van der Waals surface area (Å²) in [6.45, 7) is 6.20. The standard InChI is InChI=1S/C21H38F2N8O2/c22-13-9-26-20-17(19(24)28-31(20)12-13)21(32)27-16-11-25-10-15(23)18(16)30-5-3-29(4-6-30)14-1-7-33-8-2-14/h13-20,25-26,28H,1-12,24H2,(H,27,32). The average molecular weight is 473 g/mol. The van der Waals surface area contributed by atoms with E-state index in [-0.39, 0.29) is 43.8 Å². The summed E-state index contributed by atoms with van der Waals surface area (Å²) in [6.07, 6.45) is -0.948. The van der Waals surface area contributed by atoms with Crippen LogP contribution in [0, 0.1) is 5.92 Å². The Morgan fingerprint density at radius 1 is 1.03 bits per heavy atom. The zero-order chi connectivity index (χ0) is 22.9. The highest BCUT2D eigenvalue weighted by Crippen LogP contribution is 2.25. The highest BCUT2D eigenvalue weighted by Gasteiger charge is 2.48. The van der Waals surface area contributed by atoms with Crippen molar-refractivity contribution in [3.8, 4) is 0 Å². The van der Waals surface area contributed by atoms with Gasteiger partial charge in [0.15, 0.2) is 0 Å². The van der Waals surface area contributed by atoms with E-state index < -0.39 is 24.4 Å². The number of halogens is 2. The van der Waals surface area contributed by atoms with Gasteiger partial charge < -0.3 is 21.1 Å². The van der Waals surface area contributed by atoms with Crippen LogP contribution in [0.1, 0.15) is 12.8 Å². The lowest BCUT2D eigenvalue weighted by molar-refractivity contribution is -0.128. The fourth-order valence-corrected chi connectivity index (χ4v) is 6.20. The summed E-state index contributed by atoms with van der Waals surface area (Å²) in [5.74, 6) is -0.803. The summed E-state index contributed by atoms with van der Waals surface area (Å²) in [5, 5.41) is 11.0. The van der Waals surface area contributed by atoms with E-state index in [9.17, 15) is 9.18 Å². The smallest absolute Gasteiger partial charge is 0.229 e. The van der Waals surface area contributed by atoms with Crippen molar-refractivity contribution in [1.82, 2.24) is 36.2 Å². The number of fused-ring (bicyclic) bond motifs is 1. The molecule has 5 fully saturated rings. The Kier molecular flexibility index (Phi) is 7.43. The number of hydrazine groups is 1. The second kappa shape index (κ2) is 10.3. The fourth-order valence-electron chi connectivity index (χ4n) is 6.20. The molecular weight excluding hydrogens is 434 g/mol. The molecule has 0 spiro atoms. The zero-order valence-electron chi connectivity index (χ0n) is 19.1. The monoisotopic (exact) mass is 472 g/mol. The molecular formula is C21H38F2N8O2. The Morgan fingerprint density at radius 3 is 2.52 bits per heavy atom. The predicted octanol–water partition coefficient (Wildman–Crippen LogP) is -2.43. The van der Waals surface area contributed by atoms with Gasteiger partial charge >= 0.3 is 0 Å². The number of nitrogens with one attached hydrogen (secondary N) is 4. The summed E-state index contributed by atoms with van der Waals surface area (Å²) >= 11 is 0. The van der Waals surface area contributed by atoms with E-state index in [0.717, 1.165) is 52.2 Å². The van der Waals surface area contributed by atoms with E-state index in [1.165, 1.54) is 0 Å². The molecule has 12 heteroatoms. The number of hydrogen-bond acceptors (Lipinski definition) is 9. The summed E-state index contributed by atoms with van der Waals surface area (Å²) in [5.41, 5.74) is 9.20. The van der Waals surface area contributed by atoms with Crippen molar-refractivity contribution in [3.05, 3.63) is 0 Å². The Bertz CT molecular complexity index is 679. The van der Waals surface area contributed by atoms with Gasteiger partial charge in [-0.2, -0.15) is 0 Å². The molecule has 0 aromatic heterocycles. The molecule has 0 saturated carbocycles. The number of amides is 1. The number of carbonyl (C=O) groups excluding carboxylic acids is 1. The molecule has 0 bridgehead atoms. The number of rotatable bonds is 4. The topological polar surface area (TPSA) is 110 Å². The molecule has 0 radical (unpaired) electrons. The van der Waals surface area contributed by atoms with Crippen molar-refractivity contribution in [2.75, 3.05) is 65.6 Å². The first kappa shape index (κ1) is 23.7. The Labute approximate surface area is 193 Å². The lowest BCUT2D eigenvalue weighted by Gasteiger charge is -2.47. The van der Waals surface area contributed by atoms with Gasteiger partial charge in [0.1, 0.15) is 12.3 Å². The summed E-state index contributed by atoms with van der Waals surface area (Å²) in [6, 6.07) is -0.172. The van der Waals surface area contributed by atoms with Gasteiger partial charge in [0, 0.05) is 71.6 Å². The quantitative estimate of drug-likeness (QED) is 0.305. The maximum absolute atomic E-state index is 15.2. The first-order chi connectivity index (χ1) is 16.0. The van der Waals surface area contributed by atoms with Crippen molar-refractivity contribution >= 4 is 5.91 Å². The fraction of sp³-hybridized carbons (Fsp3) is 0.952. The number of piperidine rings is 1. The molecule has 7 atom stereocenters. The molecule has 5 saturated heterocycles. The Balaban J connectivity index is 1.21. The van der Waals surface area contributed by atoms with E-state index in [2.05, 4.69) is 31.2 Å². The van der Waals surface area contributed by atoms with Crippen LogP contribution in [0.25, 0.3) is 0 Å². The second-order valence-corrected chi connectivity index (χ2v) is 9.98. The number of ether oxygens (including phenoxy) is 1. The van der Waals surface area contributed by atoms with Gasteiger partial charge in [-0.1, -0.05) is 0 Å². The number of alkyl halides is 2. The molecule has 10 nitrogen and oxygen atoms in total. The van der Waals surface area contributed by atoms with Gasteiger partial charge in [0.05, 0.1) is 30.3 Å². The molecule has 1 amide bonds. The van der Waals surface area contributed by atoms with Crippen LogP contribution < -0.4 is 27.1 Å². The number of hydrogen-bond donors (Lipinski definition) is 5. The molecule has 0 aromatic rings. The van der Waals surface area contributed by atoms with Gasteiger partial charge in [0.2, 0.25) is 5.91 Å². The van der Waals surface area contributed by atoms with Gasteiger partial charge in [0.25, 0.3) is 0 Å². The van der Waals surface area contributed by atoms with Crippen LogP contribution in [0.15, 0.2) is 0 Å². The minimum atomic E-state index is -1.06. The van der Waals surface area contributed by atoms with Gasteiger partial charge in [-0.3, -0.25) is 19.9 Å². The molecule has 33 heavy (non-hydrogen) atoms. The second-order valence-electron chi connectivity index (χ2n) is 9.98. The molecule has 7 unspecified atom stereocenters. The van der Waals surface area contributed by atoms with Crippen molar-refractivity contribution in [1.29, 1.82) is 0 Å². The maximum Gasteiger partial charge on any atom is 0.229 e. The Hall–Kier alpha value is -0.990. The highest BCUT2D eigenvalue weighted by molar-refractivity contribution is 5.81. The zero-order valence-corrected chi connectivity index (χ0v) is 19.1.